The third-order valence-electron chi connectivity index (χ3n) is 1.97. The van der Waals surface area contributed by atoms with Crippen molar-refractivity contribution >= 4 is 10.0 Å². The average molecular weight is 229 g/mol. The number of pyridine rings is 1. The maximum atomic E-state index is 11.7. The minimum atomic E-state index is -3.43. The second-order valence-corrected chi connectivity index (χ2v) is 5.15. The number of hydrogen-bond donors (Lipinski definition) is 2. The van der Waals surface area contributed by atoms with E-state index in [1.807, 2.05) is 6.92 Å². The van der Waals surface area contributed by atoms with Crippen LogP contribution < -0.4 is 10.5 Å². The molecule has 0 saturated carbocycles. The molecule has 1 heterocycles. The first-order chi connectivity index (χ1) is 7.06. The number of nitrogens with two attached hydrogens (primary N) is 1. The van der Waals surface area contributed by atoms with E-state index in [0.29, 0.717) is 13.1 Å². The van der Waals surface area contributed by atoms with Crippen LogP contribution in [0.1, 0.15) is 6.92 Å². The van der Waals surface area contributed by atoms with E-state index in [1.54, 1.807) is 6.07 Å². The van der Waals surface area contributed by atoms with Crippen molar-refractivity contribution in [3.63, 3.8) is 0 Å². The molecule has 84 valence electrons. The zero-order valence-corrected chi connectivity index (χ0v) is 9.37. The Morgan fingerprint density at radius 2 is 2.33 bits per heavy atom. The summed E-state index contributed by atoms with van der Waals surface area (Å²) < 4.78 is 25.8. The van der Waals surface area contributed by atoms with Gasteiger partial charge in [0.25, 0.3) is 0 Å². The van der Waals surface area contributed by atoms with Crippen molar-refractivity contribution in [1.29, 1.82) is 0 Å². The third kappa shape index (κ3) is 3.58. The van der Waals surface area contributed by atoms with Crippen LogP contribution in [-0.2, 0) is 10.0 Å². The SMILES string of the molecule is CC(CN)CNS(=O)(=O)c1cccnc1. The van der Waals surface area contributed by atoms with Gasteiger partial charge >= 0.3 is 0 Å². The van der Waals surface area contributed by atoms with Gasteiger partial charge in [-0.25, -0.2) is 13.1 Å². The molecule has 1 aromatic rings. The highest BCUT2D eigenvalue weighted by Crippen LogP contribution is 2.05. The van der Waals surface area contributed by atoms with Crippen LogP contribution in [0.5, 0.6) is 0 Å². The predicted octanol–water partition coefficient (Wildman–Crippen LogP) is -0.0453. The van der Waals surface area contributed by atoms with Gasteiger partial charge in [0.2, 0.25) is 10.0 Å². The smallest absolute Gasteiger partial charge is 0.242 e. The molecular formula is C9H15N3O2S. The van der Waals surface area contributed by atoms with Gasteiger partial charge in [-0.3, -0.25) is 4.98 Å². The number of sulfonamides is 1. The molecule has 0 radical (unpaired) electrons. The minimum absolute atomic E-state index is 0.122. The largest absolute Gasteiger partial charge is 0.330 e. The summed E-state index contributed by atoms with van der Waals surface area (Å²) in [6, 6.07) is 3.09. The van der Waals surface area contributed by atoms with E-state index >= 15 is 0 Å². The zero-order chi connectivity index (χ0) is 11.3. The number of rotatable bonds is 5. The van der Waals surface area contributed by atoms with E-state index in [9.17, 15) is 8.42 Å². The van der Waals surface area contributed by atoms with Gasteiger partial charge in [0.1, 0.15) is 4.90 Å². The molecule has 0 aliphatic heterocycles. The van der Waals surface area contributed by atoms with E-state index in [-0.39, 0.29) is 10.8 Å². The van der Waals surface area contributed by atoms with Crippen molar-refractivity contribution in [3.8, 4) is 0 Å². The normalized spacial score (nSPS) is 13.7. The van der Waals surface area contributed by atoms with Crippen LogP contribution >= 0.6 is 0 Å². The molecule has 0 amide bonds. The predicted molar refractivity (Wildman–Crippen MR) is 57.6 cm³/mol. The molecule has 6 heteroatoms. The van der Waals surface area contributed by atoms with Crippen LogP contribution in [0.2, 0.25) is 0 Å². The van der Waals surface area contributed by atoms with Crippen molar-refractivity contribution < 1.29 is 8.42 Å². The van der Waals surface area contributed by atoms with Crippen LogP contribution in [0.15, 0.2) is 29.4 Å². The highest BCUT2D eigenvalue weighted by Gasteiger charge is 2.14. The summed E-state index contributed by atoms with van der Waals surface area (Å²) >= 11 is 0. The van der Waals surface area contributed by atoms with Crippen molar-refractivity contribution in [3.05, 3.63) is 24.5 Å². The quantitative estimate of drug-likeness (QED) is 0.741. The van der Waals surface area contributed by atoms with Gasteiger partial charge < -0.3 is 5.73 Å². The molecule has 3 N–H and O–H groups in total. The molecule has 15 heavy (non-hydrogen) atoms. The van der Waals surface area contributed by atoms with Gasteiger partial charge in [0.05, 0.1) is 0 Å². The first-order valence-electron chi connectivity index (χ1n) is 4.66. The van der Waals surface area contributed by atoms with E-state index in [0.717, 1.165) is 0 Å². The molecular weight excluding hydrogens is 214 g/mol. The van der Waals surface area contributed by atoms with Crippen molar-refractivity contribution in [1.82, 2.24) is 9.71 Å². The van der Waals surface area contributed by atoms with Gasteiger partial charge in [-0.15, -0.1) is 0 Å². The standard InChI is InChI=1S/C9H15N3O2S/c1-8(5-10)6-12-15(13,14)9-3-2-4-11-7-9/h2-4,7-8,12H,5-6,10H2,1H3. The lowest BCUT2D eigenvalue weighted by Crippen LogP contribution is -2.31. The highest BCUT2D eigenvalue weighted by molar-refractivity contribution is 7.89. The molecule has 0 aliphatic carbocycles. The molecule has 0 aliphatic rings. The van der Waals surface area contributed by atoms with E-state index in [1.165, 1.54) is 18.5 Å². The Bertz CT molecular complexity index is 391. The number of hydrogen-bond acceptors (Lipinski definition) is 4. The molecule has 0 fully saturated rings. The van der Waals surface area contributed by atoms with Gasteiger partial charge in [0, 0.05) is 18.9 Å². The Morgan fingerprint density at radius 1 is 1.60 bits per heavy atom. The lowest BCUT2D eigenvalue weighted by atomic mass is 10.2. The van der Waals surface area contributed by atoms with Crippen molar-refractivity contribution in [2.45, 2.75) is 11.8 Å². The Morgan fingerprint density at radius 3 is 2.87 bits per heavy atom. The van der Waals surface area contributed by atoms with Crippen LogP contribution in [0.25, 0.3) is 0 Å². The second kappa shape index (κ2) is 5.20. The summed E-state index contributed by atoms with van der Waals surface area (Å²) in [4.78, 5) is 3.93. The minimum Gasteiger partial charge on any atom is -0.330 e. The highest BCUT2D eigenvalue weighted by atomic mass is 32.2. The number of nitrogens with zero attached hydrogens (tertiary/aromatic N) is 1. The molecule has 0 bridgehead atoms. The maximum absolute atomic E-state index is 11.7. The van der Waals surface area contributed by atoms with E-state index in [2.05, 4.69) is 9.71 Å². The molecule has 1 rings (SSSR count). The monoisotopic (exact) mass is 229 g/mol. The van der Waals surface area contributed by atoms with Gasteiger partial charge in [-0.1, -0.05) is 6.92 Å². The summed E-state index contributed by atoms with van der Waals surface area (Å²) in [6.07, 6.45) is 2.84. The Labute approximate surface area is 89.8 Å². The molecule has 1 atom stereocenters. The van der Waals surface area contributed by atoms with Crippen molar-refractivity contribution in [2.24, 2.45) is 11.7 Å². The summed E-state index contributed by atoms with van der Waals surface area (Å²) in [5, 5.41) is 0. The van der Waals surface area contributed by atoms with Crippen LogP contribution in [0.3, 0.4) is 0 Å². The van der Waals surface area contributed by atoms with Crippen LogP contribution in [0, 0.1) is 5.92 Å². The van der Waals surface area contributed by atoms with Gasteiger partial charge in [-0.2, -0.15) is 0 Å². The van der Waals surface area contributed by atoms with Crippen LogP contribution in [0.4, 0.5) is 0 Å². The summed E-state index contributed by atoms with van der Waals surface area (Å²) in [6.45, 7) is 2.68. The maximum Gasteiger partial charge on any atom is 0.242 e. The van der Waals surface area contributed by atoms with Crippen LogP contribution in [-0.4, -0.2) is 26.5 Å². The number of nitrogens with one attached hydrogen (secondary N) is 1. The molecule has 1 aromatic heterocycles. The molecule has 0 spiro atoms. The first-order valence-corrected chi connectivity index (χ1v) is 6.14. The topological polar surface area (TPSA) is 85.1 Å². The van der Waals surface area contributed by atoms with E-state index < -0.39 is 10.0 Å². The van der Waals surface area contributed by atoms with Gasteiger partial charge in [-0.05, 0) is 24.6 Å². The fourth-order valence-corrected chi connectivity index (χ4v) is 2.05. The van der Waals surface area contributed by atoms with Gasteiger partial charge in [0.15, 0.2) is 0 Å². The molecule has 0 saturated heterocycles. The average Bonchev–Trinajstić information content (AvgIpc) is 2.27. The van der Waals surface area contributed by atoms with E-state index in [4.69, 9.17) is 5.73 Å². The fourth-order valence-electron chi connectivity index (χ4n) is 0.925. The second-order valence-electron chi connectivity index (χ2n) is 3.38. The lowest BCUT2D eigenvalue weighted by molar-refractivity contribution is 0.544. The summed E-state index contributed by atoms with van der Waals surface area (Å²) in [7, 11) is -3.43. The molecule has 1 unspecified atom stereocenters. The summed E-state index contributed by atoms with van der Waals surface area (Å²) in [5.41, 5.74) is 5.39. The zero-order valence-electron chi connectivity index (χ0n) is 8.55. The fraction of sp³-hybridized carbons (Fsp3) is 0.444. The molecule has 5 nitrogen and oxygen atoms in total. The Kier molecular flexibility index (Phi) is 4.19. The summed E-state index contributed by atoms with van der Waals surface area (Å²) in [5.74, 6) is 0.122. The Balaban J connectivity index is 2.69. The van der Waals surface area contributed by atoms with Crippen molar-refractivity contribution in [2.75, 3.05) is 13.1 Å². The number of aromatic nitrogens is 1. The molecule has 0 aromatic carbocycles. The Hall–Kier alpha value is -0.980. The first kappa shape index (κ1) is 12.1. The third-order valence-corrected chi connectivity index (χ3v) is 3.38. The lowest BCUT2D eigenvalue weighted by Gasteiger charge is -2.10.